The molecule has 4 aromatic rings. The number of carboxylic acids is 3. The molecule has 0 aliphatic carbocycles. The molecule has 16 heteroatoms. The molecular weight excluding hydrogens is 798 g/mol. The van der Waals surface area contributed by atoms with Gasteiger partial charge in [0.05, 0.1) is 0 Å². The second kappa shape index (κ2) is 21.1. The molecular formula is C39H36Cl4N2O10. The Balaban J connectivity index is 0.000000297. The number of carboxylic acid groups (broad SMARTS) is 3. The predicted molar refractivity (Wildman–Crippen MR) is 207 cm³/mol. The van der Waals surface area contributed by atoms with Gasteiger partial charge in [-0.3, -0.25) is 19.2 Å². The van der Waals surface area contributed by atoms with Gasteiger partial charge in [0.15, 0.2) is 5.78 Å². The molecule has 12 nitrogen and oxygen atoms in total. The van der Waals surface area contributed by atoms with Crippen LogP contribution < -0.4 is 10.6 Å². The van der Waals surface area contributed by atoms with Crippen LogP contribution in [0.5, 0.6) is 0 Å². The number of aliphatic carboxylic acids is 3. The van der Waals surface area contributed by atoms with Crippen LogP contribution in [0.1, 0.15) is 47.9 Å². The Labute approximate surface area is 336 Å². The zero-order valence-corrected chi connectivity index (χ0v) is 32.3. The highest BCUT2D eigenvalue weighted by atomic mass is 35.5. The van der Waals surface area contributed by atoms with Gasteiger partial charge in [-0.2, -0.15) is 0 Å². The molecule has 0 aromatic heterocycles. The summed E-state index contributed by atoms with van der Waals surface area (Å²) in [5, 5.41) is 33.3. The zero-order chi connectivity index (χ0) is 40.8. The average molecular weight is 835 g/mol. The van der Waals surface area contributed by atoms with E-state index < -0.39 is 59.6 Å². The summed E-state index contributed by atoms with van der Waals surface area (Å²) in [7, 11) is 0. The smallest absolute Gasteiger partial charge is 0.408 e. The van der Waals surface area contributed by atoms with E-state index in [0.29, 0.717) is 0 Å². The molecule has 2 unspecified atom stereocenters. The number of hydrogen-bond donors (Lipinski definition) is 5. The van der Waals surface area contributed by atoms with Crippen LogP contribution in [-0.2, 0) is 41.7 Å². The van der Waals surface area contributed by atoms with Gasteiger partial charge in [-0.1, -0.05) is 133 Å². The number of benzene rings is 4. The van der Waals surface area contributed by atoms with Gasteiger partial charge < -0.3 is 30.7 Å². The largest absolute Gasteiger partial charge is 0.480 e. The number of alkyl carbamates (subject to hydrolysis) is 1. The highest BCUT2D eigenvalue weighted by molar-refractivity contribution is 6.39. The van der Waals surface area contributed by atoms with Gasteiger partial charge in [0, 0.05) is 37.6 Å². The first kappa shape index (κ1) is 44.3. The summed E-state index contributed by atoms with van der Waals surface area (Å²) in [6, 6.07) is 24.5. The van der Waals surface area contributed by atoms with E-state index in [-0.39, 0.29) is 50.2 Å². The number of ketones is 1. The molecule has 0 aliphatic rings. The molecule has 55 heavy (non-hydrogen) atoms. The first-order valence-electron chi connectivity index (χ1n) is 16.4. The predicted octanol–water partition coefficient (Wildman–Crippen LogP) is 7.66. The fourth-order valence-corrected chi connectivity index (χ4v) is 6.48. The third kappa shape index (κ3) is 12.7. The van der Waals surface area contributed by atoms with Crippen LogP contribution in [0.2, 0.25) is 20.1 Å². The van der Waals surface area contributed by atoms with E-state index in [1.807, 2.05) is 36.4 Å². The Kier molecular flexibility index (Phi) is 17.0. The fourth-order valence-electron chi connectivity index (χ4n) is 5.25. The van der Waals surface area contributed by atoms with E-state index in [2.05, 4.69) is 10.6 Å². The number of amides is 2. The van der Waals surface area contributed by atoms with Crippen molar-refractivity contribution < 1.29 is 48.8 Å². The SMILES string of the molecule is CC(C)[C@H](NC(=O)OCc1ccccc1)C(=O)N[C@@H](Cc1ccccc1)C(=O)O.O=C(O)C(C(=O)C(C(=O)O)c1c(Cl)cccc1Cl)c1c(Cl)cccc1Cl. The Bertz CT molecular complexity index is 1890. The topological polar surface area (TPSA) is 196 Å². The number of carbonyl (C=O) groups excluding carboxylic acids is 3. The zero-order valence-electron chi connectivity index (χ0n) is 29.2. The summed E-state index contributed by atoms with van der Waals surface area (Å²) in [6.07, 6.45) is -0.594. The van der Waals surface area contributed by atoms with Gasteiger partial charge in [0.2, 0.25) is 5.91 Å². The molecule has 0 aliphatic heterocycles. The number of Topliss-reactive ketones (excluding diaryl/α,β-unsaturated/α-hetero) is 1. The standard InChI is InChI=1S/C22H26N2O5.C17H10Cl4O5/c1-15(2)19(24-22(28)29-14-17-11-7-4-8-12-17)20(25)23-18(21(26)27)13-16-9-5-3-6-10-16;18-7-3-1-4-8(19)11(7)13(16(23)24)15(22)14(17(25)26)12-9(20)5-2-6-10(12)21/h3-12,15,18-19H,13-14H2,1-2H3,(H,23,25)(H,24,28)(H,26,27);1-6,13-14H,(H,23,24)(H,25,26)/t18-,19-;/m0./s1. The second-order valence-electron chi connectivity index (χ2n) is 12.2. The maximum atomic E-state index is 12.9. The third-order valence-corrected chi connectivity index (χ3v) is 9.29. The minimum Gasteiger partial charge on any atom is -0.480 e. The van der Waals surface area contributed by atoms with Crippen molar-refractivity contribution in [2.45, 2.75) is 50.8 Å². The van der Waals surface area contributed by atoms with Crippen molar-refractivity contribution in [2.75, 3.05) is 0 Å². The van der Waals surface area contributed by atoms with Gasteiger partial charge in [-0.05, 0) is 41.3 Å². The Morgan fingerprint density at radius 3 is 1.38 bits per heavy atom. The summed E-state index contributed by atoms with van der Waals surface area (Å²) in [6.45, 7) is 3.59. The third-order valence-electron chi connectivity index (χ3n) is 7.97. The Hall–Kier alpha value is -5.14. The highest BCUT2D eigenvalue weighted by Gasteiger charge is 2.42. The molecule has 2 amide bonds. The molecule has 4 atom stereocenters. The molecule has 0 radical (unpaired) electrons. The van der Waals surface area contributed by atoms with Crippen LogP contribution in [0.15, 0.2) is 97.1 Å². The summed E-state index contributed by atoms with van der Waals surface area (Å²) in [5.41, 5.74) is 1.23. The summed E-state index contributed by atoms with van der Waals surface area (Å²) in [4.78, 5) is 72.9. The van der Waals surface area contributed by atoms with Crippen LogP contribution in [0.25, 0.3) is 0 Å². The summed E-state index contributed by atoms with van der Waals surface area (Å²) >= 11 is 24.0. The lowest BCUT2D eigenvalue weighted by Crippen LogP contribution is -2.54. The van der Waals surface area contributed by atoms with Crippen molar-refractivity contribution in [3.05, 3.63) is 139 Å². The van der Waals surface area contributed by atoms with Crippen LogP contribution in [-0.4, -0.2) is 63.1 Å². The van der Waals surface area contributed by atoms with Crippen molar-refractivity contribution in [2.24, 2.45) is 5.92 Å². The molecule has 5 N–H and O–H groups in total. The number of nitrogens with one attached hydrogen (secondary N) is 2. The highest BCUT2D eigenvalue weighted by Crippen LogP contribution is 2.39. The normalized spacial score (nSPS) is 12.9. The van der Waals surface area contributed by atoms with Crippen LogP contribution in [0.3, 0.4) is 0 Å². The number of carbonyl (C=O) groups is 6. The van der Waals surface area contributed by atoms with Gasteiger partial charge >= 0.3 is 24.0 Å². The quantitative estimate of drug-likeness (QED) is 0.0742. The molecule has 0 bridgehead atoms. The fraction of sp³-hybridized carbons (Fsp3) is 0.231. The van der Waals surface area contributed by atoms with Crippen molar-refractivity contribution in [1.82, 2.24) is 10.6 Å². The first-order valence-corrected chi connectivity index (χ1v) is 18.0. The Morgan fingerprint density at radius 1 is 0.582 bits per heavy atom. The molecule has 4 rings (SSSR count). The lowest BCUT2D eigenvalue weighted by molar-refractivity contribution is -0.147. The van der Waals surface area contributed by atoms with E-state index in [4.69, 9.17) is 51.1 Å². The number of hydrogen-bond acceptors (Lipinski definition) is 7. The van der Waals surface area contributed by atoms with Crippen LogP contribution >= 0.6 is 46.4 Å². The first-order chi connectivity index (χ1) is 26.0. The Morgan fingerprint density at radius 2 is 1.00 bits per heavy atom. The van der Waals surface area contributed by atoms with Gasteiger partial charge in [-0.25, -0.2) is 9.59 Å². The van der Waals surface area contributed by atoms with Gasteiger partial charge in [0.1, 0.15) is 30.5 Å². The molecule has 0 saturated carbocycles. The van der Waals surface area contributed by atoms with Crippen molar-refractivity contribution in [3.63, 3.8) is 0 Å². The van der Waals surface area contributed by atoms with Gasteiger partial charge in [0.25, 0.3) is 0 Å². The number of halogens is 4. The van der Waals surface area contributed by atoms with E-state index in [1.165, 1.54) is 36.4 Å². The lowest BCUT2D eigenvalue weighted by atomic mass is 9.83. The van der Waals surface area contributed by atoms with Gasteiger partial charge in [-0.15, -0.1) is 0 Å². The molecule has 0 saturated heterocycles. The second-order valence-corrected chi connectivity index (χ2v) is 13.9. The maximum absolute atomic E-state index is 12.9. The van der Waals surface area contributed by atoms with Crippen LogP contribution in [0, 0.1) is 5.92 Å². The maximum Gasteiger partial charge on any atom is 0.408 e. The van der Waals surface area contributed by atoms with E-state index in [9.17, 15) is 44.1 Å². The van der Waals surface area contributed by atoms with Crippen molar-refractivity contribution in [1.29, 1.82) is 0 Å². The number of ether oxygens (including phenoxy) is 1. The molecule has 0 heterocycles. The summed E-state index contributed by atoms with van der Waals surface area (Å²) in [5.74, 6) is -10.2. The minimum absolute atomic E-state index is 0.0743. The lowest BCUT2D eigenvalue weighted by Gasteiger charge is -2.24. The summed E-state index contributed by atoms with van der Waals surface area (Å²) < 4.78 is 5.16. The van der Waals surface area contributed by atoms with E-state index in [0.717, 1.165) is 11.1 Å². The van der Waals surface area contributed by atoms with E-state index >= 15 is 0 Å². The number of rotatable bonds is 15. The molecule has 0 spiro atoms. The monoisotopic (exact) mass is 832 g/mol. The molecule has 290 valence electrons. The molecule has 4 aromatic carbocycles. The van der Waals surface area contributed by atoms with Crippen molar-refractivity contribution >= 4 is 82.1 Å². The van der Waals surface area contributed by atoms with Crippen LogP contribution in [0.4, 0.5) is 4.79 Å². The molecule has 0 fully saturated rings. The van der Waals surface area contributed by atoms with Crippen molar-refractivity contribution in [3.8, 4) is 0 Å². The average Bonchev–Trinajstić information content (AvgIpc) is 3.13. The minimum atomic E-state index is -1.91. The van der Waals surface area contributed by atoms with E-state index in [1.54, 1.807) is 38.1 Å².